The van der Waals surface area contributed by atoms with Crippen molar-refractivity contribution in [2.45, 2.75) is 6.92 Å². The maximum absolute atomic E-state index is 11.2. The van der Waals surface area contributed by atoms with Crippen molar-refractivity contribution in [2.24, 2.45) is 0 Å². The molecule has 0 bridgehead atoms. The van der Waals surface area contributed by atoms with Crippen molar-refractivity contribution in [3.8, 4) is 5.75 Å². The maximum atomic E-state index is 11.2. The quantitative estimate of drug-likeness (QED) is 0.225. The van der Waals surface area contributed by atoms with Crippen molar-refractivity contribution in [3.05, 3.63) is 12.1 Å². The van der Waals surface area contributed by atoms with Crippen molar-refractivity contribution in [3.63, 3.8) is 0 Å². The number of hydrogen-bond donors (Lipinski definition) is 6. The normalized spacial score (nSPS) is 12.3. The number of phenols is 1. The average molecular weight is 399 g/mol. The molecule has 11 heteroatoms. The van der Waals surface area contributed by atoms with Gasteiger partial charge in [0.25, 0.3) is 0 Å². The number of hydrogen-bond acceptors (Lipinski definition) is 4. The summed E-state index contributed by atoms with van der Waals surface area (Å²) in [5.41, 5.74) is -0.463. The van der Waals surface area contributed by atoms with Crippen LogP contribution in [-0.2, 0) is 12.3 Å². The Hall–Kier alpha value is -0.953. The summed E-state index contributed by atoms with van der Waals surface area (Å²) in [6.45, 7) is 1.07. The minimum atomic E-state index is -5.61. The van der Waals surface area contributed by atoms with Gasteiger partial charge in [0.05, 0.1) is 0 Å². The molecule has 0 atom stereocenters. The van der Waals surface area contributed by atoms with E-state index in [1.54, 1.807) is 0 Å². The Morgan fingerprint density at radius 2 is 1.63 bits per heavy atom. The van der Waals surface area contributed by atoms with Crippen LogP contribution in [0.2, 0.25) is 0 Å². The Balaban J connectivity index is 3.61. The second-order valence-corrected chi connectivity index (χ2v) is 10.3. The summed E-state index contributed by atoms with van der Waals surface area (Å²) >= 11 is -11.1. The molecule has 0 aliphatic carbocycles. The number of benzene rings is 1. The zero-order valence-corrected chi connectivity index (χ0v) is 13.3. The summed E-state index contributed by atoms with van der Waals surface area (Å²) in [7, 11) is 0. The molecule has 19 heavy (non-hydrogen) atoms. The fourth-order valence-corrected chi connectivity index (χ4v) is 4.48. The number of nitrogens with one attached hydrogen (secondary N) is 1. The second kappa shape index (κ2) is 5.20. The summed E-state index contributed by atoms with van der Waals surface area (Å²) in [6.07, 6.45) is 0. The first-order valence-electron chi connectivity index (χ1n) is 4.69. The van der Waals surface area contributed by atoms with E-state index in [1.807, 2.05) is 5.32 Å². The molecule has 0 saturated carbocycles. The molecule has 0 aromatic heterocycles. The van der Waals surface area contributed by atoms with E-state index < -0.39 is 54.4 Å². The van der Waals surface area contributed by atoms with E-state index in [-0.39, 0.29) is 0 Å². The first-order valence-corrected chi connectivity index (χ1v) is 11.5. The van der Waals surface area contributed by atoms with Crippen molar-refractivity contribution >= 4 is 48.6 Å². The molecular formula is C8H11As2NO8. The third-order valence-electron chi connectivity index (χ3n) is 2.04. The summed E-state index contributed by atoms with van der Waals surface area (Å²) in [4.78, 5) is 10.9. The SMILES string of the molecule is CC(=O)Nc1cc([As](=O)(O)O)cc([As](=O)(O)O)c1O. The van der Waals surface area contributed by atoms with E-state index in [0.717, 1.165) is 13.0 Å². The van der Waals surface area contributed by atoms with Gasteiger partial charge < -0.3 is 0 Å². The second-order valence-electron chi connectivity index (χ2n) is 3.63. The first-order chi connectivity index (χ1) is 8.43. The van der Waals surface area contributed by atoms with E-state index in [1.165, 1.54) is 0 Å². The molecule has 0 aliphatic heterocycles. The molecule has 0 unspecified atom stereocenters. The van der Waals surface area contributed by atoms with Crippen molar-refractivity contribution in [2.75, 3.05) is 5.32 Å². The fourth-order valence-electron chi connectivity index (χ4n) is 1.28. The Morgan fingerprint density at radius 1 is 1.11 bits per heavy atom. The molecule has 1 aromatic carbocycles. The van der Waals surface area contributed by atoms with E-state index in [9.17, 15) is 17.4 Å². The Labute approximate surface area is 112 Å². The van der Waals surface area contributed by atoms with Crippen LogP contribution >= 0.6 is 0 Å². The molecule has 0 fully saturated rings. The minimum absolute atomic E-state index is 0.463. The van der Waals surface area contributed by atoms with Gasteiger partial charge in [0.15, 0.2) is 0 Å². The first kappa shape index (κ1) is 16.1. The number of anilines is 1. The van der Waals surface area contributed by atoms with Crippen LogP contribution in [-0.4, -0.2) is 55.7 Å². The third-order valence-corrected chi connectivity index (χ3v) is 6.02. The van der Waals surface area contributed by atoms with Crippen LogP contribution in [0.1, 0.15) is 6.92 Å². The zero-order chi connectivity index (χ0) is 15.0. The Bertz CT molecular complexity index is 615. The third kappa shape index (κ3) is 4.00. The molecule has 0 heterocycles. The van der Waals surface area contributed by atoms with Gasteiger partial charge in [0.1, 0.15) is 0 Å². The molecule has 6 N–H and O–H groups in total. The van der Waals surface area contributed by atoms with Gasteiger partial charge in [-0.2, -0.15) is 0 Å². The van der Waals surface area contributed by atoms with E-state index in [2.05, 4.69) is 0 Å². The molecule has 0 saturated heterocycles. The topological polar surface area (TPSA) is 164 Å². The van der Waals surface area contributed by atoms with Gasteiger partial charge in [-0.05, 0) is 0 Å². The van der Waals surface area contributed by atoms with Crippen LogP contribution in [0.3, 0.4) is 0 Å². The molecule has 1 aromatic rings. The fraction of sp³-hybridized carbons (Fsp3) is 0.125. The van der Waals surface area contributed by atoms with Crippen molar-refractivity contribution in [1.82, 2.24) is 0 Å². The molecule has 9 nitrogen and oxygen atoms in total. The Kier molecular flexibility index (Phi) is 4.41. The van der Waals surface area contributed by atoms with Gasteiger partial charge in [0, 0.05) is 0 Å². The predicted octanol–water partition coefficient (Wildman–Crippen LogP) is -3.53. The molecule has 1 rings (SSSR count). The van der Waals surface area contributed by atoms with Gasteiger partial charge in [-0.3, -0.25) is 0 Å². The molecular weight excluding hydrogens is 388 g/mol. The van der Waals surface area contributed by atoms with Gasteiger partial charge >= 0.3 is 113 Å². The summed E-state index contributed by atoms with van der Waals surface area (Å²) in [5.74, 6) is -1.58. The van der Waals surface area contributed by atoms with Crippen molar-refractivity contribution < 1.29 is 33.8 Å². The number of rotatable bonds is 3. The van der Waals surface area contributed by atoms with Crippen LogP contribution in [0.25, 0.3) is 0 Å². The van der Waals surface area contributed by atoms with E-state index in [4.69, 9.17) is 16.4 Å². The Morgan fingerprint density at radius 3 is 2.00 bits per heavy atom. The van der Waals surface area contributed by atoms with Gasteiger partial charge in [-0.25, -0.2) is 0 Å². The molecule has 1 amide bonds. The van der Waals surface area contributed by atoms with Crippen LogP contribution < -0.4 is 14.0 Å². The predicted molar refractivity (Wildman–Crippen MR) is 63.4 cm³/mol. The van der Waals surface area contributed by atoms with E-state index in [0.29, 0.717) is 6.07 Å². The number of aromatic hydroxyl groups is 1. The van der Waals surface area contributed by atoms with Crippen molar-refractivity contribution in [1.29, 1.82) is 0 Å². The molecule has 106 valence electrons. The standard InChI is InChI=1S/C8H11As2NO8/c1-4(12)11-7-3-5(9(14,15)16)2-6(8(7)13)10(17,18)19/h2-3,13H,1H3,(H,11,12)(H2,14,15,16)(H2,17,18,19). The monoisotopic (exact) mass is 399 g/mol. The summed E-state index contributed by atoms with van der Waals surface area (Å²) < 4.78 is 57.1. The van der Waals surface area contributed by atoms with E-state index >= 15 is 0 Å². The molecule has 0 spiro atoms. The van der Waals surface area contributed by atoms with Gasteiger partial charge in [-0.15, -0.1) is 0 Å². The number of amides is 1. The summed E-state index contributed by atoms with van der Waals surface area (Å²) in [6, 6.07) is 1.34. The zero-order valence-electron chi connectivity index (χ0n) is 9.51. The number of phenolic OH excluding ortho intramolecular Hbond substituents is 1. The van der Waals surface area contributed by atoms with Crippen LogP contribution in [0.4, 0.5) is 5.69 Å². The number of carbonyl (C=O) groups is 1. The molecule has 0 aliphatic rings. The molecule has 0 radical (unpaired) electrons. The van der Waals surface area contributed by atoms with Crippen LogP contribution in [0.15, 0.2) is 12.1 Å². The van der Waals surface area contributed by atoms with Gasteiger partial charge in [-0.1, -0.05) is 0 Å². The summed E-state index contributed by atoms with van der Waals surface area (Å²) in [5, 5.41) is 11.7. The number of carbonyl (C=O) groups excluding carboxylic acids is 1. The van der Waals surface area contributed by atoms with Crippen LogP contribution in [0.5, 0.6) is 5.75 Å². The average Bonchev–Trinajstić information content (AvgIpc) is 2.16. The van der Waals surface area contributed by atoms with Gasteiger partial charge in [0.2, 0.25) is 0 Å². The van der Waals surface area contributed by atoms with Crippen LogP contribution in [0, 0.1) is 0 Å².